The number of aryl methyl sites for hydroxylation is 1. The third kappa shape index (κ3) is 14.2. The van der Waals surface area contributed by atoms with E-state index in [-0.39, 0.29) is 0 Å². The van der Waals surface area contributed by atoms with Gasteiger partial charge in [-0.25, -0.2) is 9.13 Å². The number of benzene rings is 1. The van der Waals surface area contributed by atoms with Gasteiger partial charge in [0.15, 0.2) is 0 Å². The molecule has 2 rings (SSSR count). The van der Waals surface area contributed by atoms with Crippen molar-refractivity contribution in [3.8, 4) is 0 Å². The molecule has 0 amide bonds. The summed E-state index contributed by atoms with van der Waals surface area (Å²) in [7, 11) is 0. The molecule has 0 spiro atoms. The number of unbranched alkanes of at least 4 members (excludes halogenated alkanes) is 18. The van der Waals surface area contributed by atoms with E-state index in [1.165, 1.54) is 153 Å². The highest BCUT2D eigenvalue weighted by Gasteiger charge is 2.17. The third-order valence-corrected chi connectivity index (χ3v) is 7.79. The molecule has 0 unspecified atom stereocenters. The molecule has 0 N–H and O–H groups in total. The van der Waals surface area contributed by atoms with E-state index in [4.69, 9.17) is 0 Å². The van der Waals surface area contributed by atoms with Gasteiger partial charge in [0.2, 0.25) is 0 Å². The first-order valence-electron chi connectivity index (χ1n) is 16.0. The highest BCUT2D eigenvalue weighted by molar-refractivity contribution is 5.15. The summed E-state index contributed by atoms with van der Waals surface area (Å²) in [4.78, 5) is 0. The van der Waals surface area contributed by atoms with Crippen LogP contribution in [0.15, 0.2) is 42.7 Å². The first-order valence-corrected chi connectivity index (χ1v) is 16.0. The van der Waals surface area contributed by atoms with Crippen LogP contribution in [0.2, 0.25) is 0 Å². The van der Waals surface area contributed by atoms with Gasteiger partial charge in [0.05, 0.1) is 6.54 Å². The molecule has 36 heavy (non-hydrogen) atoms. The summed E-state index contributed by atoms with van der Waals surface area (Å²) in [6, 6.07) is 11.0. The summed E-state index contributed by atoms with van der Waals surface area (Å²) >= 11 is 0. The lowest BCUT2D eigenvalue weighted by molar-refractivity contribution is -0.704. The monoisotopic (exact) mass is 495 g/mol. The molecular weight excluding hydrogens is 436 g/mol. The minimum Gasteiger partial charge on any atom is -0.234 e. The van der Waals surface area contributed by atoms with Crippen LogP contribution < -0.4 is 4.57 Å². The summed E-state index contributed by atoms with van der Waals surface area (Å²) in [6.45, 7) is 6.78. The molecule has 0 saturated carbocycles. The fourth-order valence-corrected chi connectivity index (χ4v) is 5.45. The Bertz CT molecular complexity index is 733. The summed E-state index contributed by atoms with van der Waals surface area (Å²) < 4.78 is 5.07. The molecule has 0 saturated heterocycles. The highest BCUT2D eigenvalue weighted by Crippen LogP contribution is 2.14. The van der Waals surface area contributed by atoms with Gasteiger partial charge in [0, 0.05) is 6.42 Å². The van der Waals surface area contributed by atoms with Crippen molar-refractivity contribution in [2.45, 2.75) is 162 Å². The van der Waals surface area contributed by atoms with E-state index in [0.29, 0.717) is 0 Å². The van der Waals surface area contributed by atoms with E-state index in [9.17, 15) is 0 Å². The molecular formula is C34H59N2+. The van der Waals surface area contributed by atoms with Gasteiger partial charge in [0.1, 0.15) is 18.9 Å². The van der Waals surface area contributed by atoms with Gasteiger partial charge in [0.25, 0.3) is 5.82 Å². The van der Waals surface area contributed by atoms with E-state index in [0.717, 1.165) is 6.54 Å². The van der Waals surface area contributed by atoms with Crippen molar-refractivity contribution in [3.05, 3.63) is 54.1 Å². The molecule has 2 nitrogen and oxygen atoms in total. The Hall–Kier alpha value is -1.57. The summed E-state index contributed by atoms with van der Waals surface area (Å²) in [6.07, 6.45) is 34.1. The maximum absolute atomic E-state index is 2.56. The van der Waals surface area contributed by atoms with Gasteiger partial charge in [-0.3, -0.25) is 0 Å². The van der Waals surface area contributed by atoms with Gasteiger partial charge >= 0.3 is 0 Å². The van der Waals surface area contributed by atoms with E-state index in [1.807, 2.05) is 0 Å². The lowest BCUT2D eigenvalue weighted by atomic mass is 10.0. The van der Waals surface area contributed by atoms with Crippen molar-refractivity contribution in [3.63, 3.8) is 0 Å². The van der Waals surface area contributed by atoms with Crippen LogP contribution in [0.3, 0.4) is 0 Å². The standard InChI is InChI=1S/C34H59N2/c1-3-5-7-9-11-12-13-14-15-16-17-18-19-24-28-34-35(29-25-20-10-8-6-4-2)30-31-36(34)32-33-26-22-21-23-27-33/h21-23,26-27,30-31H,3-20,24-25,28-29,32H2,1-2H3/q+1. The lowest BCUT2D eigenvalue weighted by Crippen LogP contribution is -2.37. The zero-order chi connectivity index (χ0) is 25.5. The molecule has 0 aliphatic carbocycles. The molecule has 0 fully saturated rings. The Morgan fingerprint density at radius 3 is 1.56 bits per heavy atom. The molecule has 2 heteroatoms. The SMILES string of the molecule is CCCCCCCCCCCCCCCCc1n(Cc2ccccc2)cc[n+]1CCCCCCCC. The van der Waals surface area contributed by atoms with Gasteiger partial charge in [-0.15, -0.1) is 0 Å². The van der Waals surface area contributed by atoms with Crippen LogP contribution in [0, 0.1) is 0 Å². The number of aromatic nitrogens is 2. The van der Waals surface area contributed by atoms with Crippen LogP contribution in [0.4, 0.5) is 0 Å². The number of hydrogen-bond acceptors (Lipinski definition) is 0. The molecule has 0 atom stereocenters. The van der Waals surface area contributed by atoms with E-state index in [1.54, 1.807) is 0 Å². The minimum absolute atomic E-state index is 0.998. The van der Waals surface area contributed by atoms with Crippen molar-refractivity contribution in [2.24, 2.45) is 0 Å². The second kappa shape index (κ2) is 21.5. The van der Waals surface area contributed by atoms with Gasteiger partial charge in [-0.1, -0.05) is 153 Å². The summed E-state index contributed by atoms with van der Waals surface area (Å²) in [5.74, 6) is 1.53. The van der Waals surface area contributed by atoms with Crippen molar-refractivity contribution in [2.75, 3.05) is 0 Å². The Morgan fingerprint density at radius 2 is 1.03 bits per heavy atom. The molecule has 0 aliphatic heterocycles. The van der Waals surface area contributed by atoms with Crippen LogP contribution in [0.25, 0.3) is 0 Å². The van der Waals surface area contributed by atoms with Gasteiger partial charge in [-0.05, 0) is 24.8 Å². The predicted octanol–water partition coefficient (Wildman–Crippen LogP) is 10.2. The van der Waals surface area contributed by atoms with Crippen LogP contribution >= 0.6 is 0 Å². The van der Waals surface area contributed by atoms with Crippen molar-refractivity contribution in [1.82, 2.24) is 4.57 Å². The largest absolute Gasteiger partial charge is 0.256 e. The second-order valence-electron chi connectivity index (χ2n) is 11.1. The van der Waals surface area contributed by atoms with Crippen molar-refractivity contribution in [1.29, 1.82) is 0 Å². The Morgan fingerprint density at radius 1 is 0.556 bits per heavy atom. The summed E-state index contributed by atoms with van der Waals surface area (Å²) in [5, 5.41) is 0. The van der Waals surface area contributed by atoms with E-state index < -0.39 is 0 Å². The average molecular weight is 496 g/mol. The van der Waals surface area contributed by atoms with Crippen molar-refractivity contribution >= 4 is 0 Å². The number of hydrogen-bond donors (Lipinski definition) is 0. The number of rotatable bonds is 24. The van der Waals surface area contributed by atoms with Crippen LogP contribution in [-0.2, 0) is 19.5 Å². The molecule has 0 aliphatic rings. The lowest BCUT2D eigenvalue weighted by Gasteiger charge is -2.07. The molecule has 0 radical (unpaired) electrons. The zero-order valence-corrected chi connectivity index (χ0v) is 24.2. The fourth-order valence-electron chi connectivity index (χ4n) is 5.45. The normalized spacial score (nSPS) is 11.4. The van der Waals surface area contributed by atoms with Crippen LogP contribution in [0.5, 0.6) is 0 Å². The molecule has 1 aromatic carbocycles. The zero-order valence-electron chi connectivity index (χ0n) is 24.2. The topological polar surface area (TPSA) is 8.81 Å². The predicted molar refractivity (Wildman–Crippen MR) is 158 cm³/mol. The Labute approximate surface area is 224 Å². The maximum atomic E-state index is 2.56. The molecule has 0 bridgehead atoms. The molecule has 2 aromatic rings. The number of nitrogens with zero attached hydrogens (tertiary/aromatic N) is 2. The Balaban J connectivity index is 1.65. The Kier molecular flexibility index (Phi) is 18.3. The molecule has 1 heterocycles. The maximum Gasteiger partial charge on any atom is 0.256 e. The van der Waals surface area contributed by atoms with Crippen LogP contribution in [-0.4, -0.2) is 4.57 Å². The van der Waals surface area contributed by atoms with Gasteiger partial charge < -0.3 is 0 Å². The molecule has 1 aromatic heterocycles. The summed E-state index contributed by atoms with van der Waals surface area (Å²) in [5.41, 5.74) is 1.40. The average Bonchev–Trinajstić information content (AvgIpc) is 3.27. The first kappa shape index (κ1) is 30.7. The third-order valence-electron chi connectivity index (χ3n) is 7.79. The highest BCUT2D eigenvalue weighted by atomic mass is 15.1. The minimum atomic E-state index is 0.998. The first-order chi connectivity index (χ1) is 17.8. The van der Waals surface area contributed by atoms with Crippen LogP contribution in [0.1, 0.15) is 154 Å². The van der Waals surface area contributed by atoms with Gasteiger partial charge in [-0.2, -0.15) is 0 Å². The quantitative estimate of drug-likeness (QED) is 0.101. The van der Waals surface area contributed by atoms with E-state index >= 15 is 0 Å². The molecule has 204 valence electrons. The number of imidazole rings is 1. The second-order valence-corrected chi connectivity index (χ2v) is 11.1. The van der Waals surface area contributed by atoms with E-state index in [2.05, 4.69) is 65.7 Å². The fraction of sp³-hybridized carbons (Fsp3) is 0.735. The van der Waals surface area contributed by atoms with Crippen molar-refractivity contribution < 1.29 is 4.57 Å². The smallest absolute Gasteiger partial charge is 0.234 e.